The number of likely N-dealkylation sites (tertiary alicyclic amines) is 1. The third kappa shape index (κ3) is 6.41. The second-order valence-electron chi connectivity index (χ2n) is 8.95. The minimum absolute atomic E-state index is 0.106. The summed E-state index contributed by atoms with van der Waals surface area (Å²) in [6, 6.07) is 7.65. The van der Waals surface area contributed by atoms with Crippen LogP contribution in [0.5, 0.6) is 5.75 Å². The van der Waals surface area contributed by atoms with Crippen LogP contribution < -0.4 is 4.74 Å². The Morgan fingerprint density at radius 3 is 2.40 bits per heavy atom. The molecule has 5 nitrogen and oxygen atoms in total. The highest BCUT2D eigenvalue weighted by Crippen LogP contribution is 2.26. The van der Waals surface area contributed by atoms with Gasteiger partial charge in [-0.1, -0.05) is 39.3 Å². The molecule has 1 saturated heterocycles. The molecule has 1 aromatic carbocycles. The monoisotopic (exact) mass is 415 g/mol. The zero-order valence-corrected chi connectivity index (χ0v) is 19.0. The number of methoxy groups -OCH3 is 1. The van der Waals surface area contributed by atoms with Crippen LogP contribution in [-0.2, 0) is 20.8 Å². The number of hydrogen-bond acceptors (Lipinski definition) is 4. The average molecular weight is 416 g/mol. The maximum Gasteiger partial charge on any atom is 0.291 e. The van der Waals surface area contributed by atoms with Gasteiger partial charge in [-0.05, 0) is 62.6 Å². The number of rotatable bonds is 11. The number of nitrogens with zero attached hydrogens (tertiary/aromatic N) is 1. The van der Waals surface area contributed by atoms with E-state index < -0.39 is 17.4 Å². The van der Waals surface area contributed by atoms with Gasteiger partial charge in [0.2, 0.25) is 5.78 Å². The van der Waals surface area contributed by atoms with Gasteiger partial charge in [-0.15, -0.1) is 0 Å². The summed E-state index contributed by atoms with van der Waals surface area (Å²) in [5.74, 6) is 0.120. The predicted molar refractivity (Wildman–Crippen MR) is 119 cm³/mol. The normalized spacial score (nSPS) is 16.9. The topological polar surface area (TPSA) is 63.7 Å². The van der Waals surface area contributed by atoms with E-state index in [1.165, 1.54) is 5.56 Å². The van der Waals surface area contributed by atoms with Crippen molar-refractivity contribution in [3.8, 4) is 5.75 Å². The van der Waals surface area contributed by atoms with Crippen LogP contribution in [0.25, 0.3) is 0 Å². The fraction of sp³-hybridized carbons (Fsp3) is 0.640. The highest BCUT2D eigenvalue weighted by Gasteiger charge is 2.39. The van der Waals surface area contributed by atoms with Crippen molar-refractivity contribution in [2.45, 2.75) is 84.6 Å². The molecule has 1 fully saturated rings. The lowest BCUT2D eigenvalue weighted by Gasteiger charge is -2.36. The molecule has 1 atom stereocenters. The Balaban J connectivity index is 1.82. The van der Waals surface area contributed by atoms with Gasteiger partial charge in [0.15, 0.2) is 5.78 Å². The minimum atomic E-state index is -0.677. The Bertz CT molecular complexity index is 723. The maximum atomic E-state index is 12.8. The molecule has 0 aromatic heterocycles. The second kappa shape index (κ2) is 11.3. The van der Waals surface area contributed by atoms with Crippen LogP contribution in [0.3, 0.4) is 0 Å². The largest absolute Gasteiger partial charge is 0.497 e. The number of carbonyl (C=O) groups is 3. The Hall–Kier alpha value is -2.17. The van der Waals surface area contributed by atoms with Crippen LogP contribution in [0, 0.1) is 5.41 Å². The molecule has 1 unspecified atom stereocenters. The number of carbonyl (C=O) groups excluding carboxylic acids is 3. The van der Waals surface area contributed by atoms with Gasteiger partial charge in [-0.3, -0.25) is 14.4 Å². The minimum Gasteiger partial charge on any atom is -0.497 e. The van der Waals surface area contributed by atoms with E-state index in [2.05, 4.69) is 12.1 Å². The van der Waals surface area contributed by atoms with Crippen molar-refractivity contribution >= 4 is 17.5 Å². The van der Waals surface area contributed by atoms with E-state index in [0.29, 0.717) is 25.8 Å². The number of benzene rings is 1. The van der Waals surface area contributed by atoms with E-state index in [0.717, 1.165) is 44.3 Å². The summed E-state index contributed by atoms with van der Waals surface area (Å²) in [5, 5.41) is 0. The van der Waals surface area contributed by atoms with Crippen LogP contribution in [0.1, 0.15) is 77.7 Å². The fourth-order valence-electron chi connectivity index (χ4n) is 3.85. The molecular formula is C25H37NO4. The molecule has 166 valence electrons. The molecule has 0 radical (unpaired) electrons. The average Bonchev–Trinajstić information content (AvgIpc) is 2.78. The highest BCUT2D eigenvalue weighted by atomic mass is 16.5. The van der Waals surface area contributed by atoms with E-state index in [4.69, 9.17) is 4.74 Å². The van der Waals surface area contributed by atoms with Crippen LogP contribution in [-0.4, -0.2) is 42.1 Å². The van der Waals surface area contributed by atoms with Gasteiger partial charge in [-0.25, -0.2) is 0 Å². The van der Waals surface area contributed by atoms with E-state index in [9.17, 15) is 14.4 Å². The zero-order chi connectivity index (χ0) is 22.1. The summed E-state index contributed by atoms with van der Waals surface area (Å²) in [5.41, 5.74) is 0.590. The fourth-order valence-corrected chi connectivity index (χ4v) is 3.85. The van der Waals surface area contributed by atoms with Crippen LogP contribution in [0.4, 0.5) is 0 Å². The van der Waals surface area contributed by atoms with Crippen molar-refractivity contribution in [1.82, 2.24) is 4.90 Å². The van der Waals surface area contributed by atoms with Gasteiger partial charge in [0.05, 0.1) is 13.2 Å². The first kappa shape index (κ1) is 24.1. The van der Waals surface area contributed by atoms with Crippen LogP contribution in [0.2, 0.25) is 0 Å². The molecule has 5 heteroatoms. The molecule has 1 aromatic rings. The molecule has 0 spiro atoms. The molecule has 30 heavy (non-hydrogen) atoms. The molecule has 0 aliphatic carbocycles. The first-order valence-corrected chi connectivity index (χ1v) is 11.3. The summed E-state index contributed by atoms with van der Waals surface area (Å²) < 4.78 is 5.17. The number of Topliss-reactive ketones (excluding diaryl/α,β-unsaturated/α-hetero) is 2. The van der Waals surface area contributed by atoms with Crippen LogP contribution >= 0.6 is 0 Å². The Morgan fingerprint density at radius 2 is 1.77 bits per heavy atom. The lowest BCUT2D eigenvalue weighted by atomic mass is 9.83. The van der Waals surface area contributed by atoms with E-state index in [-0.39, 0.29) is 11.6 Å². The Kier molecular flexibility index (Phi) is 9.07. The number of ether oxygens (including phenoxy) is 1. The second-order valence-corrected chi connectivity index (χ2v) is 8.95. The van der Waals surface area contributed by atoms with Crippen molar-refractivity contribution in [1.29, 1.82) is 0 Å². The molecule has 0 saturated carbocycles. The molecule has 1 amide bonds. The smallest absolute Gasteiger partial charge is 0.291 e. The highest BCUT2D eigenvalue weighted by molar-refractivity contribution is 6.38. The van der Waals surface area contributed by atoms with Gasteiger partial charge in [-0.2, -0.15) is 0 Å². The quantitative estimate of drug-likeness (QED) is 0.386. The lowest BCUT2D eigenvalue weighted by molar-refractivity contribution is -0.153. The molecule has 0 bridgehead atoms. The number of unbranched alkanes of at least 4 members (excludes halogenated alkanes) is 2. The van der Waals surface area contributed by atoms with Gasteiger partial charge in [0.25, 0.3) is 5.91 Å². The molecular weight excluding hydrogens is 378 g/mol. The maximum absolute atomic E-state index is 12.8. The number of amides is 1. The standard InChI is InChI=1S/C25H37NO4/c1-5-25(2,3)23(28)24(29)26-18-10-9-12-21(26)22(27)13-8-6-7-11-19-14-16-20(30-4)17-15-19/h14-17,21H,5-13,18H2,1-4H3. The van der Waals surface area contributed by atoms with Crippen molar-refractivity contribution in [3.63, 3.8) is 0 Å². The Labute approximate surface area is 181 Å². The third-order valence-corrected chi connectivity index (χ3v) is 6.38. The molecule has 2 rings (SSSR count). The third-order valence-electron chi connectivity index (χ3n) is 6.38. The SMILES string of the molecule is CCC(C)(C)C(=O)C(=O)N1CCCCC1C(=O)CCCCCc1ccc(OC)cc1. The van der Waals surface area contributed by atoms with Crippen molar-refractivity contribution in [3.05, 3.63) is 29.8 Å². The molecule has 1 aliphatic rings. The van der Waals surface area contributed by atoms with Crippen molar-refractivity contribution in [2.24, 2.45) is 5.41 Å². The van der Waals surface area contributed by atoms with Gasteiger partial charge in [0.1, 0.15) is 5.75 Å². The molecule has 0 N–H and O–H groups in total. The van der Waals surface area contributed by atoms with Gasteiger partial charge >= 0.3 is 0 Å². The Morgan fingerprint density at radius 1 is 1.07 bits per heavy atom. The van der Waals surface area contributed by atoms with E-state index in [1.807, 2.05) is 19.1 Å². The molecule has 1 aliphatic heterocycles. The van der Waals surface area contributed by atoms with Crippen molar-refractivity contribution < 1.29 is 19.1 Å². The van der Waals surface area contributed by atoms with Crippen LogP contribution in [0.15, 0.2) is 24.3 Å². The number of hydrogen-bond donors (Lipinski definition) is 0. The number of piperidine rings is 1. The van der Waals surface area contributed by atoms with Gasteiger partial charge in [0, 0.05) is 18.4 Å². The molecule has 1 heterocycles. The summed E-state index contributed by atoms with van der Waals surface area (Å²) in [4.78, 5) is 39.8. The summed E-state index contributed by atoms with van der Waals surface area (Å²) in [6.45, 7) is 6.03. The first-order valence-electron chi connectivity index (χ1n) is 11.3. The van der Waals surface area contributed by atoms with E-state index in [1.54, 1.807) is 25.9 Å². The van der Waals surface area contributed by atoms with E-state index >= 15 is 0 Å². The first-order chi connectivity index (χ1) is 14.3. The number of aryl methyl sites for hydroxylation is 1. The predicted octanol–water partition coefficient (Wildman–Crippen LogP) is 4.75. The zero-order valence-electron chi connectivity index (χ0n) is 19.0. The summed E-state index contributed by atoms with van der Waals surface area (Å²) >= 11 is 0. The summed E-state index contributed by atoms with van der Waals surface area (Å²) in [7, 11) is 1.66. The summed E-state index contributed by atoms with van der Waals surface area (Å²) in [6.07, 6.45) is 7.35. The number of ketones is 2. The lowest BCUT2D eigenvalue weighted by Crippen LogP contribution is -2.52. The van der Waals surface area contributed by atoms with Crippen molar-refractivity contribution in [2.75, 3.05) is 13.7 Å². The van der Waals surface area contributed by atoms with Gasteiger partial charge < -0.3 is 9.64 Å².